The van der Waals surface area contributed by atoms with Crippen LogP contribution in [0.4, 0.5) is 0 Å². The molecule has 0 amide bonds. The minimum atomic E-state index is 0.178. The van der Waals surface area contributed by atoms with Crippen LogP contribution >= 0.6 is 11.6 Å². The van der Waals surface area contributed by atoms with Gasteiger partial charge in [0.1, 0.15) is 0 Å². The van der Waals surface area contributed by atoms with Crippen LogP contribution in [0.1, 0.15) is 49.5 Å². The third-order valence-electron chi connectivity index (χ3n) is 5.12. The number of likely N-dealkylation sites (tertiary alicyclic amines) is 1. The zero-order valence-corrected chi connectivity index (χ0v) is 15.8. The van der Waals surface area contributed by atoms with E-state index in [1.807, 2.05) is 31.3 Å². The van der Waals surface area contributed by atoms with E-state index in [9.17, 15) is 0 Å². The first-order valence-electron chi connectivity index (χ1n) is 9.11. The van der Waals surface area contributed by atoms with Gasteiger partial charge in [-0.1, -0.05) is 28.9 Å². The Balaban J connectivity index is 1.54. The van der Waals surface area contributed by atoms with Crippen molar-refractivity contribution in [1.82, 2.24) is 20.4 Å². The van der Waals surface area contributed by atoms with Gasteiger partial charge in [0.25, 0.3) is 0 Å². The van der Waals surface area contributed by atoms with E-state index in [1.54, 1.807) is 0 Å². The molecule has 0 radical (unpaired) electrons. The molecule has 1 unspecified atom stereocenters. The highest BCUT2D eigenvalue weighted by Crippen LogP contribution is 2.27. The molecule has 1 N–H and O–H groups in total. The number of nitrogens with one attached hydrogen (secondary N) is 1. The van der Waals surface area contributed by atoms with E-state index in [1.165, 1.54) is 19.3 Å². The zero-order chi connectivity index (χ0) is 17.6. The Bertz CT molecular complexity index is 650. The number of benzene rings is 1. The summed E-state index contributed by atoms with van der Waals surface area (Å²) in [5.74, 6) is 2.28. The van der Waals surface area contributed by atoms with Crippen molar-refractivity contribution in [3.05, 3.63) is 46.6 Å². The molecule has 6 heteroatoms. The SMILES string of the molecule is CNCCC1CCN(C(C)c2nc(Cc3ccc(Cl)cc3)no2)CC1. The van der Waals surface area contributed by atoms with Crippen molar-refractivity contribution in [3.63, 3.8) is 0 Å². The average molecular weight is 363 g/mol. The Hall–Kier alpha value is -1.43. The lowest BCUT2D eigenvalue weighted by molar-refractivity contribution is 0.117. The van der Waals surface area contributed by atoms with E-state index in [0.717, 1.165) is 47.9 Å². The molecule has 2 aromatic rings. The Morgan fingerprint density at radius 2 is 2.00 bits per heavy atom. The van der Waals surface area contributed by atoms with Gasteiger partial charge in [-0.05, 0) is 76.5 Å². The first-order valence-corrected chi connectivity index (χ1v) is 9.49. The van der Waals surface area contributed by atoms with E-state index in [4.69, 9.17) is 16.1 Å². The Kier molecular flexibility index (Phi) is 6.45. The second-order valence-corrected chi connectivity index (χ2v) is 7.34. The van der Waals surface area contributed by atoms with Crippen LogP contribution in [0.15, 0.2) is 28.8 Å². The maximum absolute atomic E-state index is 5.93. The molecule has 1 aromatic heterocycles. The summed E-state index contributed by atoms with van der Waals surface area (Å²) in [5.41, 5.74) is 1.13. The fraction of sp³-hybridized carbons (Fsp3) is 0.579. The maximum Gasteiger partial charge on any atom is 0.243 e. The van der Waals surface area contributed by atoms with Crippen molar-refractivity contribution in [1.29, 1.82) is 0 Å². The molecule has 1 fully saturated rings. The lowest BCUT2D eigenvalue weighted by Gasteiger charge is -2.34. The van der Waals surface area contributed by atoms with Gasteiger partial charge >= 0.3 is 0 Å². The van der Waals surface area contributed by atoms with E-state index >= 15 is 0 Å². The number of nitrogens with zero attached hydrogens (tertiary/aromatic N) is 3. The normalized spacial score (nSPS) is 17.7. The number of rotatable bonds is 7. The van der Waals surface area contributed by atoms with Crippen LogP contribution in [0.2, 0.25) is 5.02 Å². The maximum atomic E-state index is 5.93. The zero-order valence-electron chi connectivity index (χ0n) is 15.0. The third kappa shape index (κ3) is 5.03. The minimum Gasteiger partial charge on any atom is -0.338 e. The second kappa shape index (κ2) is 8.79. The van der Waals surface area contributed by atoms with Gasteiger partial charge in [0.2, 0.25) is 5.89 Å². The summed E-state index contributed by atoms with van der Waals surface area (Å²) >= 11 is 5.93. The topological polar surface area (TPSA) is 54.2 Å². The molecular weight excluding hydrogens is 336 g/mol. The van der Waals surface area contributed by atoms with Crippen LogP contribution in [-0.2, 0) is 6.42 Å². The first kappa shape index (κ1) is 18.4. The van der Waals surface area contributed by atoms with Crippen molar-refractivity contribution >= 4 is 11.6 Å². The first-order chi connectivity index (χ1) is 12.2. The van der Waals surface area contributed by atoms with Crippen molar-refractivity contribution in [3.8, 4) is 0 Å². The summed E-state index contributed by atoms with van der Waals surface area (Å²) < 4.78 is 5.53. The largest absolute Gasteiger partial charge is 0.338 e. The summed E-state index contributed by atoms with van der Waals surface area (Å²) in [7, 11) is 2.02. The highest BCUT2D eigenvalue weighted by molar-refractivity contribution is 6.30. The predicted octanol–water partition coefficient (Wildman–Crippen LogP) is 3.70. The van der Waals surface area contributed by atoms with E-state index < -0.39 is 0 Å². The Labute approximate surface area is 154 Å². The standard InChI is InChI=1S/C19H27ClN4O/c1-14(24-11-8-15(9-12-24)7-10-21-2)19-22-18(23-25-19)13-16-3-5-17(20)6-4-16/h3-6,14-15,21H,7-13H2,1-2H3. The number of hydrogen-bond donors (Lipinski definition) is 1. The minimum absolute atomic E-state index is 0.178. The van der Waals surface area contributed by atoms with Crippen molar-refractivity contribution in [2.75, 3.05) is 26.7 Å². The van der Waals surface area contributed by atoms with Crippen LogP contribution in [0.5, 0.6) is 0 Å². The highest BCUT2D eigenvalue weighted by Gasteiger charge is 2.26. The van der Waals surface area contributed by atoms with Gasteiger partial charge in [-0.15, -0.1) is 0 Å². The van der Waals surface area contributed by atoms with Gasteiger partial charge in [-0.3, -0.25) is 4.90 Å². The summed E-state index contributed by atoms with van der Waals surface area (Å²) in [4.78, 5) is 7.06. The van der Waals surface area contributed by atoms with Crippen LogP contribution < -0.4 is 5.32 Å². The van der Waals surface area contributed by atoms with Crippen molar-refractivity contribution in [2.45, 2.75) is 38.6 Å². The fourth-order valence-corrected chi connectivity index (χ4v) is 3.55. The number of piperidine rings is 1. The van der Waals surface area contributed by atoms with Gasteiger partial charge < -0.3 is 9.84 Å². The Morgan fingerprint density at radius 3 is 2.68 bits per heavy atom. The van der Waals surface area contributed by atoms with Crippen molar-refractivity contribution < 1.29 is 4.52 Å². The van der Waals surface area contributed by atoms with Crippen molar-refractivity contribution in [2.24, 2.45) is 5.92 Å². The van der Waals surface area contributed by atoms with Gasteiger partial charge in [0.05, 0.1) is 6.04 Å². The van der Waals surface area contributed by atoms with Crippen LogP contribution in [0, 0.1) is 5.92 Å². The molecule has 0 bridgehead atoms. The fourth-order valence-electron chi connectivity index (χ4n) is 3.43. The molecule has 0 spiro atoms. The van der Waals surface area contributed by atoms with Gasteiger partial charge in [0, 0.05) is 11.4 Å². The molecule has 0 saturated carbocycles. The highest BCUT2D eigenvalue weighted by atomic mass is 35.5. The molecule has 1 atom stereocenters. The summed E-state index contributed by atoms with van der Waals surface area (Å²) in [6.45, 7) is 5.47. The average Bonchev–Trinajstić information content (AvgIpc) is 3.10. The van der Waals surface area contributed by atoms with Gasteiger partial charge in [-0.25, -0.2) is 0 Å². The van der Waals surface area contributed by atoms with E-state index in [-0.39, 0.29) is 6.04 Å². The lowest BCUT2D eigenvalue weighted by atomic mass is 9.93. The Morgan fingerprint density at radius 1 is 1.28 bits per heavy atom. The van der Waals surface area contributed by atoms with E-state index in [0.29, 0.717) is 6.42 Å². The van der Waals surface area contributed by atoms with Gasteiger partial charge in [0.15, 0.2) is 5.82 Å². The molecule has 1 aliphatic heterocycles. The molecule has 1 aliphatic rings. The van der Waals surface area contributed by atoms with Gasteiger partial charge in [-0.2, -0.15) is 4.98 Å². The molecular formula is C19H27ClN4O. The van der Waals surface area contributed by atoms with Crippen LogP contribution in [0.3, 0.4) is 0 Å². The third-order valence-corrected chi connectivity index (χ3v) is 5.37. The molecule has 1 saturated heterocycles. The monoisotopic (exact) mass is 362 g/mol. The number of halogens is 1. The lowest BCUT2D eigenvalue weighted by Crippen LogP contribution is -2.36. The second-order valence-electron chi connectivity index (χ2n) is 6.90. The quantitative estimate of drug-likeness (QED) is 0.813. The molecule has 5 nitrogen and oxygen atoms in total. The summed E-state index contributed by atoms with van der Waals surface area (Å²) in [5, 5.41) is 8.14. The smallest absolute Gasteiger partial charge is 0.243 e. The summed E-state index contributed by atoms with van der Waals surface area (Å²) in [6.07, 6.45) is 4.43. The molecule has 136 valence electrons. The van der Waals surface area contributed by atoms with Crippen LogP contribution in [-0.4, -0.2) is 41.7 Å². The molecule has 2 heterocycles. The predicted molar refractivity (Wildman–Crippen MR) is 99.8 cm³/mol. The summed E-state index contributed by atoms with van der Waals surface area (Å²) in [6, 6.07) is 7.95. The molecule has 1 aromatic carbocycles. The van der Waals surface area contributed by atoms with Crippen LogP contribution in [0.25, 0.3) is 0 Å². The molecule has 3 rings (SSSR count). The number of hydrogen-bond acceptors (Lipinski definition) is 5. The molecule has 25 heavy (non-hydrogen) atoms. The molecule has 0 aliphatic carbocycles. The number of aromatic nitrogens is 2. The van der Waals surface area contributed by atoms with E-state index in [2.05, 4.69) is 27.3 Å².